The van der Waals surface area contributed by atoms with Crippen LogP contribution in [0.15, 0.2) is 0 Å². The molecule has 0 saturated carbocycles. The van der Waals surface area contributed by atoms with Crippen molar-refractivity contribution in [2.45, 2.75) is 26.2 Å². The van der Waals surface area contributed by atoms with Gasteiger partial charge in [-0.2, -0.15) is 0 Å². The maximum atomic E-state index is 5.88. The van der Waals surface area contributed by atoms with Gasteiger partial charge in [-0.1, -0.05) is 6.92 Å². The fourth-order valence-electron chi connectivity index (χ4n) is 1.13. The summed E-state index contributed by atoms with van der Waals surface area (Å²) in [4.78, 5) is 0. The molecule has 0 spiro atoms. The van der Waals surface area contributed by atoms with E-state index in [-0.39, 0.29) is 5.41 Å². The zero-order valence-corrected chi connectivity index (χ0v) is 9.42. The highest BCUT2D eigenvalue weighted by atomic mass is 35.5. The van der Waals surface area contributed by atoms with Gasteiger partial charge in [0.2, 0.25) is 0 Å². The second-order valence-electron chi connectivity index (χ2n) is 3.22. The number of hydrogen-bond acceptors (Lipinski definition) is 1. The van der Waals surface area contributed by atoms with E-state index in [0.717, 1.165) is 25.9 Å². The summed E-state index contributed by atoms with van der Waals surface area (Å²) >= 11 is 11.8. The number of methoxy groups -OCH3 is 1. The third kappa shape index (κ3) is 3.97. The van der Waals surface area contributed by atoms with Crippen LogP contribution in [0, 0.1) is 5.41 Å². The van der Waals surface area contributed by atoms with Gasteiger partial charge in [0.25, 0.3) is 0 Å². The van der Waals surface area contributed by atoms with Gasteiger partial charge in [0.05, 0.1) is 0 Å². The van der Waals surface area contributed by atoms with Crippen LogP contribution in [0.25, 0.3) is 0 Å². The van der Waals surface area contributed by atoms with E-state index in [9.17, 15) is 0 Å². The zero-order chi connectivity index (χ0) is 9.45. The van der Waals surface area contributed by atoms with Crippen LogP contribution >= 0.6 is 23.2 Å². The molecule has 0 rings (SSSR count). The summed E-state index contributed by atoms with van der Waals surface area (Å²) in [7, 11) is 1.72. The topological polar surface area (TPSA) is 9.23 Å². The molecule has 0 aromatic heterocycles. The molecule has 0 atom stereocenters. The summed E-state index contributed by atoms with van der Waals surface area (Å²) < 4.78 is 4.98. The van der Waals surface area contributed by atoms with Gasteiger partial charge < -0.3 is 4.74 Å². The lowest BCUT2D eigenvalue weighted by molar-refractivity contribution is 0.175. The van der Waals surface area contributed by atoms with Crippen molar-refractivity contribution in [3.8, 4) is 0 Å². The van der Waals surface area contributed by atoms with E-state index < -0.39 is 0 Å². The van der Waals surface area contributed by atoms with Gasteiger partial charge >= 0.3 is 0 Å². The number of hydrogen-bond donors (Lipinski definition) is 0. The monoisotopic (exact) mass is 212 g/mol. The van der Waals surface area contributed by atoms with Crippen LogP contribution < -0.4 is 0 Å². The molecule has 0 radical (unpaired) electrons. The maximum absolute atomic E-state index is 5.88. The van der Waals surface area contributed by atoms with E-state index in [1.165, 1.54) is 0 Å². The van der Waals surface area contributed by atoms with Crippen molar-refractivity contribution in [1.82, 2.24) is 0 Å². The average molecular weight is 213 g/mol. The number of ether oxygens (including phenoxy) is 1. The molecule has 0 amide bonds. The minimum absolute atomic E-state index is 0.127. The summed E-state index contributed by atoms with van der Waals surface area (Å²) in [6.07, 6.45) is 3.15. The second-order valence-corrected chi connectivity index (χ2v) is 3.75. The molecular formula is C9H18Cl2O. The summed E-state index contributed by atoms with van der Waals surface area (Å²) in [6, 6.07) is 0. The van der Waals surface area contributed by atoms with Crippen LogP contribution in [0.4, 0.5) is 0 Å². The molecule has 0 saturated heterocycles. The molecule has 3 heteroatoms. The molecule has 74 valence electrons. The van der Waals surface area contributed by atoms with Crippen LogP contribution in [0.5, 0.6) is 0 Å². The Hall–Kier alpha value is 0.540. The lowest BCUT2D eigenvalue weighted by Gasteiger charge is -2.27. The van der Waals surface area contributed by atoms with Crippen molar-refractivity contribution < 1.29 is 4.74 Å². The standard InChI is InChI=1S/C9H18Cl2O/c1-3-9(7-10,8-11)5-4-6-12-2/h3-8H2,1-2H3. The summed E-state index contributed by atoms with van der Waals surface area (Å²) in [5, 5.41) is 0. The SMILES string of the molecule is CCC(CCl)(CCl)CCCOC. The molecule has 12 heavy (non-hydrogen) atoms. The van der Waals surface area contributed by atoms with Gasteiger partial charge in [-0.05, 0) is 24.7 Å². The van der Waals surface area contributed by atoms with Gasteiger partial charge in [0.1, 0.15) is 0 Å². The minimum atomic E-state index is 0.127. The van der Waals surface area contributed by atoms with Crippen molar-refractivity contribution in [2.24, 2.45) is 5.41 Å². The van der Waals surface area contributed by atoms with E-state index in [2.05, 4.69) is 6.92 Å². The Morgan fingerprint density at radius 2 is 1.83 bits per heavy atom. The molecule has 0 aliphatic rings. The fourth-order valence-corrected chi connectivity index (χ4v) is 2.06. The molecule has 1 nitrogen and oxygen atoms in total. The molecule has 0 aliphatic heterocycles. The van der Waals surface area contributed by atoms with Gasteiger partial charge in [0.15, 0.2) is 0 Å². The fraction of sp³-hybridized carbons (Fsp3) is 1.00. The first-order valence-corrected chi connectivity index (χ1v) is 5.42. The minimum Gasteiger partial charge on any atom is -0.385 e. The van der Waals surface area contributed by atoms with Crippen molar-refractivity contribution in [2.75, 3.05) is 25.5 Å². The molecule has 0 heterocycles. The summed E-state index contributed by atoms with van der Waals surface area (Å²) in [6.45, 7) is 2.94. The van der Waals surface area contributed by atoms with Gasteiger partial charge in [-0.25, -0.2) is 0 Å². The van der Waals surface area contributed by atoms with Crippen LogP contribution in [-0.4, -0.2) is 25.5 Å². The van der Waals surface area contributed by atoms with Crippen molar-refractivity contribution in [3.05, 3.63) is 0 Å². The highest BCUT2D eigenvalue weighted by Crippen LogP contribution is 2.30. The normalized spacial score (nSPS) is 12.0. The molecular weight excluding hydrogens is 195 g/mol. The first-order valence-electron chi connectivity index (χ1n) is 4.35. The molecule has 0 unspecified atom stereocenters. The molecule has 0 aromatic rings. The van der Waals surface area contributed by atoms with Crippen molar-refractivity contribution in [1.29, 1.82) is 0 Å². The third-order valence-electron chi connectivity index (χ3n) is 2.37. The van der Waals surface area contributed by atoms with Crippen molar-refractivity contribution in [3.63, 3.8) is 0 Å². The third-order valence-corrected chi connectivity index (χ3v) is 3.51. The molecule has 0 aliphatic carbocycles. The summed E-state index contributed by atoms with van der Waals surface area (Å²) in [5.74, 6) is 1.30. The van der Waals surface area contributed by atoms with Crippen LogP contribution in [0.2, 0.25) is 0 Å². The Labute approximate surface area is 85.4 Å². The van der Waals surface area contributed by atoms with Crippen LogP contribution in [0.3, 0.4) is 0 Å². The predicted octanol–water partition coefficient (Wildman–Crippen LogP) is 3.29. The number of alkyl halides is 2. The predicted molar refractivity (Wildman–Crippen MR) is 55.3 cm³/mol. The average Bonchev–Trinajstić information content (AvgIpc) is 2.14. The number of rotatable bonds is 7. The van der Waals surface area contributed by atoms with E-state index in [4.69, 9.17) is 27.9 Å². The van der Waals surface area contributed by atoms with E-state index in [0.29, 0.717) is 11.8 Å². The Balaban J connectivity index is 3.76. The highest BCUT2D eigenvalue weighted by Gasteiger charge is 2.25. The van der Waals surface area contributed by atoms with Crippen LogP contribution in [0.1, 0.15) is 26.2 Å². The largest absolute Gasteiger partial charge is 0.385 e. The first-order chi connectivity index (χ1) is 5.74. The van der Waals surface area contributed by atoms with Crippen LogP contribution in [-0.2, 0) is 4.74 Å². The smallest absolute Gasteiger partial charge is 0.0462 e. The molecule has 0 fully saturated rings. The van der Waals surface area contributed by atoms with Crippen molar-refractivity contribution >= 4 is 23.2 Å². The van der Waals surface area contributed by atoms with Gasteiger partial charge in [-0.3, -0.25) is 0 Å². The highest BCUT2D eigenvalue weighted by molar-refractivity contribution is 6.21. The molecule has 0 N–H and O–H groups in total. The zero-order valence-electron chi connectivity index (χ0n) is 7.91. The molecule has 0 bridgehead atoms. The number of halogens is 2. The van der Waals surface area contributed by atoms with E-state index >= 15 is 0 Å². The Morgan fingerprint density at radius 1 is 1.25 bits per heavy atom. The second kappa shape index (κ2) is 6.99. The van der Waals surface area contributed by atoms with E-state index in [1.807, 2.05) is 0 Å². The Morgan fingerprint density at radius 3 is 2.17 bits per heavy atom. The Bertz CT molecular complexity index is 94.4. The quantitative estimate of drug-likeness (QED) is 0.465. The Kier molecular flexibility index (Phi) is 7.31. The maximum Gasteiger partial charge on any atom is 0.0462 e. The first kappa shape index (κ1) is 12.5. The van der Waals surface area contributed by atoms with Gasteiger partial charge in [0, 0.05) is 25.5 Å². The summed E-state index contributed by atoms with van der Waals surface area (Å²) in [5.41, 5.74) is 0.127. The molecule has 0 aromatic carbocycles. The van der Waals surface area contributed by atoms with Gasteiger partial charge in [-0.15, -0.1) is 23.2 Å². The lowest BCUT2D eigenvalue weighted by atomic mass is 9.85. The van der Waals surface area contributed by atoms with E-state index in [1.54, 1.807) is 7.11 Å². The lowest BCUT2D eigenvalue weighted by Crippen LogP contribution is -2.24.